The SMILES string of the molecule is CC(C)CCCNc1nnc(CN)o1. The van der Waals surface area contributed by atoms with Gasteiger partial charge in [-0.25, -0.2) is 0 Å². The van der Waals surface area contributed by atoms with Crippen LogP contribution < -0.4 is 11.1 Å². The molecular weight excluding hydrogens is 180 g/mol. The highest BCUT2D eigenvalue weighted by Crippen LogP contribution is 2.06. The molecular formula is C9H18N4O. The van der Waals surface area contributed by atoms with Crippen LogP contribution in [0.25, 0.3) is 0 Å². The molecule has 0 atom stereocenters. The molecule has 0 saturated heterocycles. The van der Waals surface area contributed by atoms with Crippen molar-refractivity contribution >= 4 is 6.01 Å². The zero-order chi connectivity index (χ0) is 10.4. The summed E-state index contributed by atoms with van der Waals surface area (Å²) >= 11 is 0. The van der Waals surface area contributed by atoms with E-state index in [9.17, 15) is 0 Å². The molecule has 0 saturated carbocycles. The Labute approximate surface area is 84.1 Å². The lowest BCUT2D eigenvalue weighted by Gasteiger charge is -2.03. The second-order valence-corrected chi connectivity index (χ2v) is 3.67. The number of hydrogen-bond acceptors (Lipinski definition) is 5. The zero-order valence-corrected chi connectivity index (χ0v) is 8.79. The summed E-state index contributed by atoms with van der Waals surface area (Å²) in [6, 6.07) is 0.467. The second kappa shape index (κ2) is 5.59. The molecule has 0 spiro atoms. The van der Waals surface area contributed by atoms with Crippen LogP contribution in [0.5, 0.6) is 0 Å². The van der Waals surface area contributed by atoms with Gasteiger partial charge in [-0.05, 0) is 18.8 Å². The van der Waals surface area contributed by atoms with Crippen molar-refractivity contribution in [2.75, 3.05) is 11.9 Å². The molecule has 0 radical (unpaired) electrons. The van der Waals surface area contributed by atoms with Crippen molar-refractivity contribution in [2.45, 2.75) is 33.2 Å². The van der Waals surface area contributed by atoms with Crippen molar-refractivity contribution < 1.29 is 4.42 Å². The molecule has 5 nitrogen and oxygen atoms in total. The van der Waals surface area contributed by atoms with E-state index in [-0.39, 0.29) is 0 Å². The molecule has 0 amide bonds. The first-order valence-corrected chi connectivity index (χ1v) is 4.98. The molecule has 0 aliphatic heterocycles. The third-order valence-electron chi connectivity index (χ3n) is 1.88. The Hall–Kier alpha value is -1.10. The normalized spacial score (nSPS) is 10.9. The van der Waals surface area contributed by atoms with Crippen LogP contribution >= 0.6 is 0 Å². The Kier molecular flexibility index (Phi) is 4.39. The quantitative estimate of drug-likeness (QED) is 0.675. The number of nitrogens with zero attached hydrogens (tertiary/aromatic N) is 2. The Morgan fingerprint density at radius 3 is 2.79 bits per heavy atom. The maximum atomic E-state index is 5.33. The van der Waals surface area contributed by atoms with E-state index in [4.69, 9.17) is 10.2 Å². The van der Waals surface area contributed by atoms with E-state index in [1.165, 1.54) is 6.42 Å². The van der Waals surface area contributed by atoms with E-state index >= 15 is 0 Å². The largest absolute Gasteiger partial charge is 0.407 e. The number of hydrogen-bond donors (Lipinski definition) is 2. The monoisotopic (exact) mass is 198 g/mol. The minimum atomic E-state index is 0.292. The smallest absolute Gasteiger partial charge is 0.315 e. The van der Waals surface area contributed by atoms with Crippen LogP contribution in [0.4, 0.5) is 6.01 Å². The summed E-state index contributed by atoms with van der Waals surface area (Å²) in [5, 5.41) is 10.6. The summed E-state index contributed by atoms with van der Waals surface area (Å²) < 4.78 is 5.18. The topological polar surface area (TPSA) is 77.0 Å². The lowest BCUT2D eigenvalue weighted by Crippen LogP contribution is -2.03. The fourth-order valence-electron chi connectivity index (χ4n) is 1.11. The zero-order valence-electron chi connectivity index (χ0n) is 8.79. The van der Waals surface area contributed by atoms with Gasteiger partial charge in [-0.2, -0.15) is 0 Å². The number of nitrogens with two attached hydrogens (primary N) is 1. The molecule has 3 N–H and O–H groups in total. The number of aromatic nitrogens is 2. The Bertz CT molecular complexity index is 259. The van der Waals surface area contributed by atoms with Crippen molar-refractivity contribution in [3.63, 3.8) is 0 Å². The predicted octanol–water partition coefficient (Wildman–Crippen LogP) is 1.38. The van der Waals surface area contributed by atoms with Gasteiger partial charge in [0.2, 0.25) is 5.89 Å². The highest BCUT2D eigenvalue weighted by atomic mass is 16.4. The number of nitrogens with one attached hydrogen (secondary N) is 1. The molecule has 1 aromatic rings. The molecule has 0 fully saturated rings. The minimum absolute atomic E-state index is 0.292. The summed E-state index contributed by atoms with van der Waals surface area (Å²) in [4.78, 5) is 0. The summed E-state index contributed by atoms with van der Waals surface area (Å²) in [5.74, 6) is 1.20. The highest BCUT2D eigenvalue weighted by molar-refractivity contribution is 5.16. The lowest BCUT2D eigenvalue weighted by molar-refractivity contribution is 0.503. The van der Waals surface area contributed by atoms with Gasteiger partial charge in [0.15, 0.2) is 0 Å². The van der Waals surface area contributed by atoms with E-state index < -0.39 is 0 Å². The first-order valence-electron chi connectivity index (χ1n) is 4.98. The van der Waals surface area contributed by atoms with E-state index in [0.717, 1.165) is 18.9 Å². The molecule has 14 heavy (non-hydrogen) atoms. The van der Waals surface area contributed by atoms with Crippen LogP contribution in [0, 0.1) is 5.92 Å². The first kappa shape index (κ1) is 11.0. The van der Waals surface area contributed by atoms with Crippen LogP contribution in [-0.2, 0) is 6.54 Å². The van der Waals surface area contributed by atoms with Crippen LogP contribution in [0.2, 0.25) is 0 Å². The Morgan fingerprint density at radius 2 is 2.21 bits per heavy atom. The molecule has 0 aliphatic carbocycles. The maximum Gasteiger partial charge on any atom is 0.315 e. The third kappa shape index (κ3) is 3.74. The summed E-state index contributed by atoms with van der Waals surface area (Å²) in [6.07, 6.45) is 2.31. The van der Waals surface area contributed by atoms with Gasteiger partial charge in [0, 0.05) is 6.54 Å². The average Bonchev–Trinajstić information content (AvgIpc) is 2.60. The van der Waals surface area contributed by atoms with Gasteiger partial charge >= 0.3 is 6.01 Å². The molecule has 5 heteroatoms. The van der Waals surface area contributed by atoms with Crippen LogP contribution in [0.15, 0.2) is 4.42 Å². The van der Waals surface area contributed by atoms with Crippen molar-refractivity contribution in [3.05, 3.63) is 5.89 Å². The molecule has 80 valence electrons. The van der Waals surface area contributed by atoms with Gasteiger partial charge in [-0.3, -0.25) is 0 Å². The van der Waals surface area contributed by atoms with Crippen LogP contribution in [0.1, 0.15) is 32.6 Å². The van der Waals surface area contributed by atoms with Gasteiger partial charge in [-0.1, -0.05) is 18.9 Å². The predicted molar refractivity (Wildman–Crippen MR) is 54.8 cm³/mol. The highest BCUT2D eigenvalue weighted by Gasteiger charge is 2.02. The van der Waals surface area contributed by atoms with Crippen LogP contribution in [-0.4, -0.2) is 16.7 Å². The van der Waals surface area contributed by atoms with Crippen LogP contribution in [0.3, 0.4) is 0 Å². The first-order chi connectivity index (χ1) is 6.72. The van der Waals surface area contributed by atoms with E-state index in [1.54, 1.807) is 0 Å². The Morgan fingerprint density at radius 1 is 1.43 bits per heavy atom. The van der Waals surface area contributed by atoms with Crippen molar-refractivity contribution in [1.82, 2.24) is 10.2 Å². The van der Waals surface area contributed by atoms with E-state index in [1.807, 2.05) is 0 Å². The fourth-order valence-corrected chi connectivity index (χ4v) is 1.11. The standard InChI is InChI=1S/C9H18N4O/c1-7(2)4-3-5-11-9-13-12-8(6-10)14-9/h7H,3-6,10H2,1-2H3,(H,11,13). The number of rotatable bonds is 6. The molecule has 1 rings (SSSR count). The van der Waals surface area contributed by atoms with E-state index in [2.05, 4.69) is 29.4 Å². The maximum absolute atomic E-state index is 5.33. The summed E-state index contributed by atoms with van der Waals surface area (Å²) in [5.41, 5.74) is 5.33. The molecule has 0 unspecified atom stereocenters. The molecule has 1 aromatic heterocycles. The van der Waals surface area contributed by atoms with Gasteiger partial charge in [0.05, 0.1) is 6.54 Å². The van der Waals surface area contributed by atoms with Gasteiger partial charge in [-0.15, -0.1) is 5.10 Å². The fraction of sp³-hybridized carbons (Fsp3) is 0.778. The minimum Gasteiger partial charge on any atom is -0.407 e. The summed E-state index contributed by atoms with van der Waals surface area (Å²) in [7, 11) is 0. The van der Waals surface area contributed by atoms with Crippen molar-refractivity contribution in [1.29, 1.82) is 0 Å². The third-order valence-corrected chi connectivity index (χ3v) is 1.88. The van der Waals surface area contributed by atoms with Gasteiger partial charge < -0.3 is 15.5 Å². The molecule has 0 aliphatic rings. The lowest BCUT2D eigenvalue weighted by atomic mass is 10.1. The Balaban J connectivity index is 2.18. The molecule has 0 bridgehead atoms. The molecule has 0 aromatic carbocycles. The second-order valence-electron chi connectivity index (χ2n) is 3.67. The van der Waals surface area contributed by atoms with Crippen molar-refractivity contribution in [3.8, 4) is 0 Å². The van der Waals surface area contributed by atoms with Gasteiger partial charge in [0.25, 0.3) is 0 Å². The molecule has 1 heterocycles. The number of anilines is 1. The van der Waals surface area contributed by atoms with Gasteiger partial charge in [0.1, 0.15) is 0 Å². The van der Waals surface area contributed by atoms with E-state index in [0.29, 0.717) is 18.5 Å². The van der Waals surface area contributed by atoms with Crippen molar-refractivity contribution in [2.24, 2.45) is 11.7 Å². The summed E-state index contributed by atoms with van der Waals surface area (Å²) in [6.45, 7) is 5.57. The average molecular weight is 198 g/mol.